The number of aromatic amines is 1. The number of aromatic nitrogens is 2. The van der Waals surface area contributed by atoms with Gasteiger partial charge in [0.1, 0.15) is 11.0 Å². The number of nitrogens with zero attached hydrogens (tertiary/aromatic N) is 1. The summed E-state index contributed by atoms with van der Waals surface area (Å²) in [5, 5.41) is 0.988. The van der Waals surface area contributed by atoms with E-state index in [1.807, 2.05) is 19.1 Å². The lowest BCUT2D eigenvalue weighted by Gasteiger charge is -2.03. The first-order chi connectivity index (χ1) is 8.16. The number of para-hydroxylation sites is 1. The summed E-state index contributed by atoms with van der Waals surface area (Å²) in [6.45, 7) is 1.84. The molecular formula is C12H8N2O3. The quantitative estimate of drug-likeness (QED) is 0.465. The van der Waals surface area contributed by atoms with Gasteiger partial charge >= 0.3 is 11.3 Å². The van der Waals surface area contributed by atoms with Crippen LogP contribution in [-0.4, -0.2) is 9.97 Å². The van der Waals surface area contributed by atoms with Crippen molar-refractivity contribution in [2.24, 2.45) is 0 Å². The molecule has 2 heterocycles. The van der Waals surface area contributed by atoms with Gasteiger partial charge in [0, 0.05) is 11.6 Å². The van der Waals surface area contributed by atoms with Crippen LogP contribution in [0.15, 0.2) is 38.4 Å². The SMILES string of the molecule is Cc1cccc2c1oc(=O)c1cnc(=O)[nH]c12. The second kappa shape index (κ2) is 3.28. The monoisotopic (exact) mass is 228 g/mol. The Morgan fingerprint density at radius 3 is 2.88 bits per heavy atom. The Morgan fingerprint density at radius 1 is 1.24 bits per heavy atom. The predicted molar refractivity (Wildman–Crippen MR) is 63.1 cm³/mol. The van der Waals surface area contributed by atoms with E-state index in [4.69, 9.17) is 4.42 Å². The molecule has 84 valence electrons. The Hall–Kier alpha value is -2.43. The number of hydrogen-bond donors (Lipinski definition) is 1. The zero-order valence-corrected chi connectivity index (χ0v) is 8.98. The number of benzene rings is 1. The number of fused-ring (bicyclic) bond motifs is 3. The Morgan fingerprint density at radius 2 is 2.06 bits per heavy atom. The van der Waals surface area contributed by atoms with Crippen LogP contribution in [0.2, 0.25) is 0 Å². The van der Waals surface area contributed by atoms with Gasteiger partial charge in [-0.2, -0.15) is 0 Å². The lowest BCUT2D eigenvalue weighted by Crippen LogP contribution is -2.12. The Balaban J connectivity index is 2.72. The van der Waals surface area contributed by atoms with Gasteiger partial charge in [-0.05, 0) is 18.6 Å². The molecule has 5 nitrogen and oxygen atoms in total. The number of hydrogen-bond acceptors (Lipinski definition) is 4. The van der Waals surface area contributed by atoms with Crippen molar-refractivity contribution in [1.82, 2.24) is 9.97 Å². The minimum absolute atomic E-state index is 0.280. The van der Waals surface area contributed by atoms with Crippen molar-refractivity contribution in [3.05, 3.63) is 50.9 Å². The summed E-state index contributed by atoms with van der Waals surface area (Å²) in [6, 6.07) is 5.48. The molecule has 0 atom stereocenters. The Labute approximate surface area is 94.7 Å². The highest BCUT2D eigenvalue weighted by atomic mass is 16.4. The molecule has 0 saturated heterocycles. The largest absolute Gasteiger partial charge is 0.422 e. The first-order valence-electron chi connectivity index (χ1n) is 5.08. The first-order valence-corrected chi connectivity index (χ1v) is 5.08. The van der Waals surface area contributed by atoms with Gasteiger partial charge in [0.25, 0.3) is 0 Å². The van der Waals surface area contributed by atoms with E-state index in [0.717, 1.165) is 5.56 Å². The average Bonchev–Trinajstić information content (AvgIpc) is 2.31. The highest BCUT2D eigenvalue weighted by Gasteiger charge is 2.09. The lowest BCUT2D eigenvalue weighted by molar-refractivity contribution is 0.566. The van der Waals surface area contributed by atoms with Crippen LogP contribution in [0.5, 0.6) is 0 Å². The van der Waals surface area contributed by atoms with Crippen molar-refractivity contribution < 1.29 is 4.42 Å². The van der Waals surface area contributed by atoms with E-state index in [-0.39, 0.29) is 5.39 Å². The maximum atomic E-state index is 11.7. The fourth-order valence-electron chi connectivity index (χ4n) is 1.89. The van der Waals surface area contributed by atoms with Gasteiger partial charge in [-0.25, -0.2) is 14.6 Å². The van der Waals surface area contributed by atoms with Gasteiger partial charge in [-0.15, -0.1) is 0 Å². The minimum atomic E-state index is -0.495. The van der Waals surface area contributed by atoms with Crippen LogP contribution in [0, 0.1) is 6.92 Å². The molecule has 3 rings (SSSR count). The van der Waals surface area contributed by atoms with Crippen LogP contribution in [0.25, 0.3) is 21.9 Å². The van der Waals surface area contributed by atoms with Gasteiger partial charge in [0.05, 0.1) is 5.52 Å². The van der Waals surface area contributed by atoms with E-state index in [9.17, 15) is 9.59 Å². The minimum Gasteiger partial charge on any atom is -0.422 e. The summed E-state index contributed by atoms with van der Waals surface area (Å²) in [6.07, 6.45) is 1.24. The van der Waals surface area contributed by atoms with Gasteiger partial charge < -0.3 is 9.40 Å². The molecule has 17 heavy (non-hydrogen) atoms. The summed E-state index contributed by atoms with van der Waals surface area (Å²) in [4.78, 5) is 29.1. The molecule has 0 saturated carbocycles. The molecule has 0 bridgehead atoms. The van der Waals surface area contributed by atoms with Gasteiger partial charge in [0.2, 0.25) is 0 Å². The molecule has 0 aliphatic rings. The maximum Gasteiger partial charge on any atom is 0.347 e. The summed E-state index contributed by atoms with van der Waals surface area (Å²) in [7, 11) is 0. The number of aryl methyl sites for hydroxylation is 1. The average molecular weight is 228 g/mol. The van der Waals surface area contributed by atoms with Crippen molar-refractivity contribution in [2.75, 3.05) is 0 Å². The molecule has 3 aromatic rings. The van der Waals surface area contributed by atoms with E-state index < -0.39 is 11.3 Å². The third-order valence-electron chi connectivity index (χ3n) is 2.71. The summed E-state index contributed by atoms with van der Waals surface area (Å²) >= 11 is 0. The molecule has 0 aliphatic carbocycles. The molecule has 0 radical (unpaired) electrons. The zero-order chi connectivity index (χ0) is 12.0. The molecule has 0 spiro atoms. The highest BCUT2D eigenvalue weighted by molar-refractivity contribution is 6.02. The van der Waals surface area contributed by atoms with Crippen LogP contribution >= 0.6 is 0 Å². The third-order valence-corrected chi connectivity index (χ3v) is 2.71. The van der Waals surface area contributed by atoms with Gasteiger partial charge in [0.15, 0.2) is 0 Å². The Kier molecular flexibility index (Phi) is 1.89. The summed E-state index contributed by atoms with van der Waals surface area (Å²) in [5.74, 6) is 0. The fourth-order valence-corrected chi connectivity index (χ4v) is 1.89. The van der Waals surface area contributed by atoms with Crippen LogP contribution in [0.4, 0.5) is 0 Å². The highest BCUT2D eigenvalue weighted by Crippen LogP contribution is 2.21. The van der Waals surface area contributed by atoms with Crippen molar-refractivity contribution in [3.8, 4) is 0 Å². The van der Waals surface area contributed by atoms with Gasteiger partial charge in [-0.3, -0.25) is 0 Å². The van der Waals surface area contributed by atoms with E-state index in [1.165, 1.54) is 6.20 Å². The molecule has 0 amide bonds. The van der Waals surface area contributed by atoms with Crippen LogP contribution in [0.1, 0.15) is 5.56 Å². The van der Waals surface area contributed by atoms with E-state index in [0.29, 0.717) is 16.5 Å². The number of nitrogens with one attached hydrogen (secondary N) is 1. The second-order valence-electron chi connectivity index (χ2n) is 3.82. The smallest absolute Gasteiger partial charge is 0.347 e. The van der Waals surface area contributed by atoms with E-state index >= 15 is 0 Å². The topological polar surface area (TPSA) is 76.0 Å². The normalized spacial score (nSPS) is 11.1. The lowest BCUT2D eigenvalue weighted by atomic mass is 10.1. The molecule has 1 aromatic carbocycles. The standard InChI is InChI=1S/C12H8N2O3/c1-6-3-2-4-7-9-8(5-13-12(16)14-9)11(15)17-10(6)7/h2-5H,1H3,(H,13,14,16). The molecule has 0 unspecified atom stereocenters. The number of H-pyrrole nitrogens is 1. The summed E-state index contributed by atoms with van der Waals surface area (Å²) < 4.78 is 5.23. The Bertz CT molecular complexity index is 846. The van der Waals surface area contributed by atoms with Crippen LogP contribution < -0.4 is 11.3 Å². The van der Waals surface area contributed by atoms with E-state index in [1.54, 1.807) is 6.07 Å². The molecule has 5 heteroatoms. The number of rotatable bonds is 0. The van der Waals surface area contributed by atoms with Gasteiger partial charge in [-0.1, -0.05) is 12.1 Å². The van der Waals surface area contributed by atoms with Crippen LogP contribution in [0.3, 0.4) is 0 Å². The zero-order valence-electron chi connectivity index (χ0n) is 8.98. The predicted octanol–water partition coefficient (Wildman–Crippen LogP) is 1.34. The summed E-state index contributed by atoms with van der Waals surface area (Å²) in [5.41, 5.74) is 0.836. The molecule has 1 N–H and O–H groups in total. The third kappa shape index (κ3) is 1.36. The van der Waals surface area contributed by atoms with Crippen LogP contribution in [-0.2, 0) is 0 Å². The molecular weight excluding hydrogens is 220 g/mol. The van der Waals surface area contributed by atoms with E-state index in [2.05, 4.69) is 9.97 Å². The maximum absolute atomic E-state index is 11.7. The fraction of sp³-hybridized carbons (Fsp3) is 0.0833. The van der Waals surface area contributed by atoms with Crippen molar-refractivity contribution in [2.45, 2.75) is 6.92 Å². The second-order valence-corrected chi connectivity index (χ2v) is 3.82. The molecule has 2 aromatic heterocycles. The van der Waals surface area contributed by atoms with Crippen molar-refractivity contribution in [1.29, 1.82) is 0 Å². The van der Waals surface area contributed by atoms with Crippen molar-refractivity contribution >= 4 is 21.9 Å². The first kappa shape index (κ1) is 9.77. The molecule has 0 fully saturated rings. The van der Waals surface area contributed by atoms with Crippen molar-refractivity contribution in [3.63, 3.8) is 0 Å². The molecule has 0 aliphatic heterocycles.